The fourth-order valence-corrected chi connectivity index (χ4v) is 4.59. The topological polar surface area (TPSA) is 127 Å². The van der Waals surface area contributed by atoms with Crippen molar-refractivity contribution in [3.05, 3.63) is 58.4 Å². The first-order valence-electron chi connectivity index (χ1n) is 10.6. The van der Waals surface area contributed by atoms with Crippen molar-refractivity contribution in [1.82, 2.24) is 9.80 Å². The Labute approximate surface area is 194 Å². The van der Waals surface area contributed by atoms with Gasteiger partial charge in [0.05, 0.1) is 18.7 Å². The molecule has 1 aromatic carbocycles. The second kappa shape index (κ2) is 8.69. The molecule has 0 bridgehead atoms. The van der Waals surface area contributed by atoms with E-state index in [1.165, 1.54) is 14.0 Å². The third-order valence-corrected chi connectivity index (χ3v) is 6.23. The van der Waals surface area contributed by atoms with E-state index in [0.717, 1.165) is 16.7 Å². The van der Waals surface area contributed by atoms with Gasteiger partial charge in [0.2, 0.25) is 17.6 Å². The Balaban J connectivity index is 1.76. The molecule has 0 saturated carbocycles. The summed E-state index contributed by atoms with van der Waals surface area (Å²) in [6.45, 7) is 1.65. The van der Waals surface area contributed by atoms with Gasteiger partial charge in [-0.15, -0.1) is 0 Å². The van der Waals surface area contributed by atoms with Crippen molar-refractivity contribution in [2.45, 2.75) is 32.4 Å². The zero-order valence-corrected chi connectivity index (χ0v) is 18.8. The van der Waals surface area contributed by atoms with Gasteiger partial charge in [-0.25, -0.2) is 4.79 Å². The average Bonchev–Trinajstić information content (AvgIpc) is 2.83. The first kappa shape index (κ1) is 23.1. The minimum atomic E-state index is -1.20. The van der Waals surface area contributed by atoms with Gasteiger partial charge in [-0.1, -0.05) is 18.2 Å². The molecule has 1 fully saturated rings. The van der Waals surface area contributed by atoms with E-state index in [-0.39, 0.29) is 34.5 Å². The van der Waals surface area contributed by atoms with Crippen LogP contribution < -0.4 is 0 Å². The molecular formula is C24H22N2O8. The van der Waals surface area contributed by atoms with Crippen molar-refractivity contribution >= 4 is 35.3 Å². The van der Waals surface area contributed by atoms with Crippen LogP contribution in [0.15, 0.2) is 52.8 Å². The number of piperazine rings is 1. The summed E-state index contributed by atoms with van der Waals surface area (Å²) in [5.74, 6) is -3.80. The van der Waals surface area contributed by atoms with Crippen molar-refractivity contribution in [2.24, 2.45) is 0 Å². The average molecular weight is 466 g/mol. The Morgan fingerprint density at radius 3 is 2.35 bits per heavy atom. The number of allylic oxidation sites excluding steroid dienone is 2. The van der Waals surface area contributed by atoms with Gasteiger partial charge in [-0.2, -0.15) is 0 Å². The molecule has 2 atom stereocenters. The molecule has 10 heteroatoms. The normalized spacial score (nSPS) is 22.6. The van der Waals surface area contributed by atoms with E-state index in [0.29, 0.717) is 0 Å². The highest BCUT2D eigenvalue weighted by molar-refractivity contribution is 6.25. The molecule has 34 heavy (non-hydrogen) atoms. The number of carbonyl (C=O) groups is 6. The number of hydrogen-bond donors (Lipinski definition) is 0. The lowest BCUT2D eigenvalue weighted by Gasteiger charge is -2.47. The summed E-state index contributed by atoms with van der Waals surface area (Å²) < 4.78 is 10.6. The number of imide groups is 1. The number of amides is 3. The van der Waals surface area contributed by atoms with E-state index >= 15 is 0 Å². The van der Waals surface area contributed by atoms with E-state index in [9.17, 15) is 28.8 Å². The van der Waals surface area contributed by atoms with Crippen LogP contribution in [-0.4, -0.2) is 77.4 Å². The van der Waals surface area contributed by atoms with Crippen molar-refractivity contribution in [2.75, 3.05) is 20.3 Å². The second-order valence-corrected chi connectivity index (χ2v) is 8.15. The maximum absolute atomic E-state index is 13.3. The van der Waals surface area contributed by atoms with Crippen molar-refractivity contribution < 1.29 is 38.2 Å². The summed E-state index contributed by atoms with van der Waals surface area (Å²) in [6.07, 6.45) is -0.252. The van der Waals surface area contributed by atoms with Crippen molar-refractivity contribution in [1.29, 1.82) is 0 Å². The highest BCUT2D eigenvalue weighted by atomic mass is 16.5. The quantitative estimate of drug-likeness (QED) is 0.466. The Hall–Kier alpha value is -4.08. The standard InChI is InChI=1S/C24H22N2O8/c1-12-20(29)19-15(21(30)22(12)33-3)9-16-23(31)25(13(2)27)10-18(28)26(16)17(19)11-34-24(32)14-7-5-4-6-8-14/h4-8,16-17H,9-11H2,1-3H3/t16-,17-/m0/s1. The van der Waals surface area contributed by atoms with Gasteiger partial charge >= 0.3 is 5.97 Å². The highest BCUT2D eigenvalue weighted by Gasteiger charge is 2.53. The number of nitrogens with zero attached hydrogens (tertiary/aromatic N) is 2. The van der Waals surface area contributed by atoms with Crippen LogP contribution in [0.5, 0.6) is 0 Å². The van der Waals surface area contributed by atoms with Crippen LogP contribution in [0.4, 0.5) is 0 Å². The lowest BCUT2D eigenvalue weighted by Crippen LogP contribution is -2.67. The smallest absolute Gasteiger partial charge is 0.338 e. The third kappa shape index (κ3) is 3.60. The van der Waals surface area contributed by atoms with Crippen molar-refractivity contribution in [3.63, 3.8) is 0 Å². The number of fused-ring (bicyclic) bond motifs is 1. The van der Waals surface area contributed by atoms with Crippen LogP contribution in [0.25, 0.3) is 0 Å². The summed E-state index contributed by atoms with van der Waals surface area (Å²) in [4.78, 5) is 79.0. The van der Waals surface area contributed by atoms with Gasteiger partial charge in [0, 0.05) is 30.1 Å². The second-order valence-electron chi connectivity index (χ2n) is 8.15. The van der Waals surface area contributed by atoms with Crippen molar-refractivity contribution in [3.8, 4) is 0 Å². The van der Waals surface area contributed by atoms with Crippen LogP contribution in [0.3, 0.4) is 0 Å². The molecular weight excluding hydrogens is 444 g/mol. The van der Waals surface area contributed by atoms with E-state index in [2.05, 4.69) is 0 Å². The molecule has 1 aliphatic carbocycles. The Morgan fingerprint density at radius 2 is 1.74 bits per heavy atom. The molecule has 176 valence electrons. The third-order valence-electron chi connectivity index (χ3n) is 6.23. The highest BCUT2D eigenvalue weighted by Crippen LogP contribution is 2.39. The van der Waals surface area contributed by atoms with Gasteiger partial charge in [-0.05, 0) is 19.1 Å². The molecule has 1 saturated heterocycles. The minimum absolute atomic E-state index is 0.00200. The molecule has 1 aromatic rings. The number of ether oxygens (including phenoxy) is 2. The molecule has 0 radical (unpaired) electrons. The van der Waals surface area contributed by atoms with Gasteiger partial charge in [0.25, 0.3) is 5.91 Å². The molecule has 0 N–H and O–H groups in total. The molecule has 0 spiro atoms. The van der Waals surface area contributed by atoms with E-state index in [4.69, 9.17) is 9.47 Å². The Morgan fingerprint density at radius 1 is 1.06 bits per heavy atom. The number of rotatable bonds is 4. The molecule has 0 aromatic heterocycles. The Kier molecular flexibility index (Phi) is 5.90. The first-order valence-corrected chi connectivity index (χ1v) is 10.6. The van der Waals surface area contributed by atoms with Crippen LogP contribution in [0, 0.1) is 0 Å². The monoisotopic (exact) mass is 466 g/mol. The SMILES string of the molecule is COC1=C(C)C(=O)C2=C(C[C@H]3C(=O)N(C(C)=O)CC(=O)N3[C@H]2COC(=O)c2ccccc2)C1=O. The molecule has 2 aliphatic heterocycles. The van der Waals surface area contributed by atoms with Gasteiger partial charge in [0.15, 0.2) is 11.5 Å². The summed E-state index contributed by atoms with van der Waals surface area (Å²) in [7, 11) is 1.26. The fourth-order valence-electron chi connectivity index (χ4n) is 4.59. The fraction of sp³-hybridized carbons (Fsp3) is 0.333. The number of esters is 1. The van der Waals surface area contributed by atoms with Crippen LogP contribution in [0.1, 0.15) is 30.6 Å². The van der Waals surface area contributed by atoms with Gasteiger partial charge < -0.3 is 14.4 Å². The predicted octanol–water partition coefficient (Wildman–Crippen LogP) is 0.570. The number of Topliss-reactive ketones (excluding diaryl/α,β-unsaturated/α-hetero) is 2. The summed E-state index contributed by atoms with van der Waals surface area (Å²) in [5, 5.41) is 0. The minimum Gasteiger partial charge on any atom is -0.492 e. The predicted molar refractivity (Wildman–Crippen MR) is 115 cm³/mol. The number of methoxy groups -OCH3 is 1. The summed E-state index contributed by atoms with van der Waals surface area (Å²) in [6, 6.07) is 5.76. The molecule has 0 unspecified atom stereocenters. The summed E-state index contributed by atoms with van der Waals surface area (Å²) >= 11 is 0. The van der Waals surface area contributed by atoms with E-state index < -0.39 is 60.5 Å². The number of hydrogen-bond acceptors (Lipinski definition) is 8. The molecule has 10 nitrogen and oxygen atoms in total. The van der Waals surface area contributed by atoms with Gasteiger partial charge in [0.1, 0.15) is 19.2 Å². The molecule has 4 rings (SSSR count). The number of carbonyl (C=O) groups excluding carboxylic acids is 6. The maximum Gasteiger partial charge on any atom is 0.338 e. The van der Waals surface area contributed by atoms with E-state index in [1.807, 2.05) is 0 Å². The lowest BCUT2D eigenvalue weighted by atomic mass is 9.77. The lowest BCUT2D eigenvalue weighted by molar-refractivity contribution is -0.164. The summed E-state index contributed by atoms with van der Waals surface area (Å²) in [5.41, 5.74) is 0.334. The molecule has 2 heterocycles. The van der Waals surface area contributed by atoms with Crippen LogP contribution in [-0.2, 0) is 33.4 Å². The number of ketones is 2. The van der Waals surface area contributed by atoms with E-state index in [1.54, 1.807) is 30.3 Å². The Bertz CT molecular complexity index is 1200. The maximum atomic E-state index is 13.3. The van der Waals surface area contributed by atoms with Crippen LogP contribution >= 0.6 is 0 Å². The van der Waals surface area contributed by atoms with Crippen LogP contribution in [0.2, 0.25) is 0 Å². The first-order chi connectivity index (χ1) is 16.2. The molecule has 3 amide bonds. The number of benzene rings is 1. The largest absolute Gasteiger partial charge is 0.492 e. The zero-order valence-electron chi connectivity index (χ0n) is 18.8. The van der Waals surface area contributed by atoms with Gasteiger partial charge in [-0.3, -0.25) is 28.9 Å². The molecule has 3 aliphatic rings. The zero-order chi connectivity index (χ0) is 24.7.